The molecule has 0 aliphatic heterocycles. The molecular weight excluding hydrogens is 366 g/mol. The molecule has 28 heavy (non-hydrogen) atoms. The molecule has 2 N–H and O–H groups in total. The number of hydrogen-bond acceptors (Lipinski definition) is 7. The quantitative estimate of drug-likeness (QED) is 0.359. The van der Waals surface area contributed by atoms with Gasteiger partial charge in [0.15, 0.2) is 11.2 Å². The maximum Gasteiger partial charge on any atom is 0.329 e. The largest absolute Gasteiger partial charge is 0.329 e. The molecule has 0 atom stereocenters. The summed E-state index contributed by atoms with van der Waals surface area (Å²) in [6.45, 7) is 2.56. The second-order valence-electron chi connectivity index (χ2n) is 6.15. The van der Waals surface area contributed by atoms with Gasteiger partial charge in [0.05, 0.1) is 11.1 Å². The van der Waals surface area contributed by atoms with Gasteiger partial charge in [-0.1, -0.05) is 13.3 Å². The molecule has 2 aromatic heterocycles. The van der Waals surface area contributed by atoms with Crippen LogP contribution in [0, 0.1) is 10.1 Å². The van der Waals surface area contributed by atoms with E-state index in [1.165, 1.54) is 30.0 Å². The van der Waals surface area contributed by atoms with Crippen LogP contribution in [-0.4, -0.2) is 30.2 Å². The summed E-state index contributed by atoms with van der Waals surface area (Å²) >= 11 is 0. The van der Waals surface area contributed by atoms with Gasteiger partial charge < -0.3 is 4.57 Å². The van der Waals surface area contributed by atoms with Crippen LogP contribution >= 0.6 is 0 Å². The number of nitrogens with one attached hydrogen (secondary N) is 2. The van der Waals surface area contributed by atoms with Gasteiger partial charge in [-0.15, -0.1) is 0 Å². The monoisotopic (exact) mass is 385 g/mol. The Hall–Kier alpha value is -3.76. The van der Waals surface area contributed by atoms with Crippen molar-refractivity contribution in [1.82, 2.24) is 19.1 Å². The number of benzene rings is 1. The van der Waals surface area contributed by atoms with Crippen molar-refractivity contribution in [2.75, 3.05) is 5.43 Å². The van der Waals surface area contributed by atoms with Crippen molar-refractivity contribution in [2.24, 2.45) is 12.1 Å². The fourth-order valence-corrected chi connectivity index (χ4v) is 2.70. The van der Waals surface area contributed by atoms with E-state index in [0.29, 0.717) is 23.6 Å². The number of hydrazone groups is 1. The second-order valence-corrected chi connectivity index (χ2v) is 6.15. The number of aromatic nitrogens is 4. The maximum absolute atomic E-state index is 12.3. The number of anilines is 1. The molecular formula is C17H19N7O4. The van der Waals surface area contributed by atoms with E-state index in [2.05, 4.69) is 20.5 Å². The van der Waals surface area contributed by atoms with E-state index in [0.717, 1.165) is 12.8 Å². The highest BCUT2D eigenvalue weighted by Crippen LogP contribution is 2.16. The summed E-state index contributed by atoms with van der Waals surface area (Å²) < 4.78 is 2.95. The molecule has 1 aromatic carbocycles. The highest BCUT2D eigenvalue weighted by atomic mass is 16.6. The van der Waals surface area contributed by atoms with E-state index in [1.807, 2.05) is 6.92 Å². The van der Waals surface area contributed by atoms with Crippen LogP contribution in [0.1, 0.15) is 25.3 Å². The van der Waals surface area contributed by atoms with Gasteiger partial charge in [0.1, 0.15) is 0 Å². The van der Waals surface area contributed by atoms with E-state index >= 15 is 0 Å². The SMILES string of the molecule is CCCCn1c(N/N=C\c2ccc([N+](=O)[O-])cc2)nc2c1c(=O)[nH]c(=O)n2C. The van der Waals surface area contributed by atoms with Gasteiger partial charge in [-0.05, 0) is 24.1 Å². The number of hydrogen-bond donors (Lipinski definition) is 2. The van der Waals surface area contributed by atoms with Crippen molar-refractivity contribution in [2.45, 2.75) is 26.3 Å². The van der Waals surface area contributed by atoms with Crippen LogP contribution in [0.4, 0.5) is 11.6 Å². The number of H-pyrrole nitrogens is 1. The summed E-state index contributed by atoms with van der Waals surface area (Å²) in [6, 6.07) is 5.90. The predicted molar refractivity (Wildman–Crippen MR) is 105 cm³/mol. The zero-order valence-corrected chi connectivity index (χ0v) is 15.4. The standard InChI is InChI=1S/C17H19N7O4/c1-3-4-9-23-13-14(22(2)17(26)20-15(13)25)19-16(23)21-18-10-11-5-7-12(8-6-11)24(27)28/h5-8,10H,3-4,9H2,1-2H3,(H,19,21)(H,20,25,26)/b18-10-. The van der Waals surface area contributed by atoms with Crippen LogP contribution in [0.15, 0.2) is 39.0 Å². The van der Waals surface area contributed by atoms with Gasteiger partial charge in [-0.2, -0.15) is 10.1 Å². The Bertz CT molecular complexity index is 1160. The lowest BCUT2D eigenvalue weighted by atomic mass is 10.2. The fraction of sp³-hybridized carbons (Fsp3) is 0.294. The predicted octanol–water partition coefficient (Wildman–Crippen LogP) is 1.58. The number of non-ortho nitro benzene ring substituents is 1. The Morgan fingerprint density at radius 2 is 2.04 bits per heavy atom. The van der Waals surface area contributed by atoms with E-state index in [1.54, 1.807) is 16.7 Å². The minimum absolute atomic E-state index is 0.00777. The lowest BCUT2D eigenvalue weighted by molar-refractivity contribution is -0.384. The number of rotatable bonds is 7. The highest BCUT2D eigenvalue weighted by molar-refractivity contribution is 5.81. The number of imidazole rings is 1. The number of nitrogens with zero attached hydrogens (tertiary/aromatic N) is 5. The molecule has 3 rings (SSSR count). The van der Waals surface area contributed by atoms with Gasteiger partial charge in [0.2, 0.25) is 5.95 Å². The summed E-state index contributed by atoms with van der Waals surface area (Å²) in [4.78, 5) is 40.9. The van der Waals surface area contributed by atoms with Gasteiger partial charge in [0, 0.05) is 25.7 Å². The van der Waals surface area contributed by atoms with E-state index in [4.69, 9.17) is 0 Å². The average Bonchev–Trinajstić information content (AvgIpc) is 3.04. The van der Waals surface area contributed by atoms with Crippen molar-refractivity contribution in [3.63, 3.8) is 0 Å². The second kappa shape index (κ2) is 7.86. The highest BCUT2D eigenvalue weighted by Gasteiger charge is 2.16. The van der Waals surface area contributed by atoms with E-state index in [-0.39, 0.29) is 11.3 Å². The number of fused-ring (bicyclic) bond motifs is 1. The molecule has 0 radical (unpaired) electrons. The Balaban J connectivity index is 1.94. The topological polar surface area (TPSA) is 140 Å². The summed E-state index contributed by atoms with van der Waals surface area (Å²) in [5.41, 5.74) is 2.94. The summed E-state index contributed by atoms with van der Waals surface area (Å²) in [7, 11) is 1.53. The lowest BCUT2D eigenvalue weighted by Gasteiger charge is -2.06. The Morgan fingerprint density at radius 1 is 1.32 bits per heavy atom. The minimum atomic E-state index is -0.543. The number of aromatic amines is 1. The van der Waals surface area contributed by atoms with Crippen LogP contribution in [0.2, 0.25) is 0 Å². The molecule has 0 amide bonds. The normalized spacial score (nSPS) is 11.4. The summed E-state index contributed by atoms with van der Waals surface area (Å²) in [6.07, 6.45) is 3.21. The number of unbranched alkanes of at least 4 members (excludes halogenated alkanes) is 1. The fourth-order valence-electron chi connectivity index (χ4n) is 2.70. The van der Waals surface area contributed by atoms with Crippen LogP contribution in [0.5, 0.6) is 0 Å². The van der Waals surface area contributed by atoms with Crippen molar-refractivity contribution in [1.29, 1.82) is 0 Å². The van der Waals surface area contributed by atoms with Crippen molar-refractivity contribution < 1.29 is 4.92 Å². The summed E-state index contributed by atoms with van der Waals surface area (Å²) in [5.74, 6) is 0.327. The molecule has 0 saturated heterocycles. The lowest BCUT2D eigenvalue weighted by Crippen LogP contribution is -2.29. The molecule has 11 heteroatoms. The van der Waals surface area contributed by atoms with Gasteiger partial charge >= 0.3 is 5.69 Å². The Morgan fingerprint density at radius 3 is 2.68 bits per heavy atom. The number of aryl methyl sites for hydroxylation is 2. The molecule has 0 bridgehead atoms. The molecule has 0 aliphatic rings. The van der Waals surface area contributed by atoms with E-state index in [9.17, 15) is 19.7 Å². The number of nitro benzene ring substituents is 1. The molecule has 0 unspecified atom stereocenters. The Kier molecular flexibility index (Phi) is 5.34. The minimum Gasteiger partial charge on any atom is -0.303 e. The molecule has 11 nitrogen and oxygen atoms in total. The third kappa shape index (κ3) is 3.68. The van der Waals surface area contributed by atoms with Gasteiger partial charge in [-0.25, -0.2) is 10.2 Å². The Labute approximate surface area is 158 Å². The molecule has 146 valence electrons. The summed E-state index contributed by atoms with van der Waals surface area (Å²) in [5, 5.41) is 14.8. The first-order valence-corrected chi connectivity index (χ1v) is 8.65. The van der Waals surface area contributed by atoms with Crippen LogP contribution in [0.25, 0.3) is 11.2 Å². The average molecular weight is 385 g/mol. The maximum atomic E-state index is 12.3. The zero-order chi connectivity index (χ0) is 20.3. The molecule has 3 aromatic rings. The van der Waals surface area contributed by atoms with Crippen molar-refractivity contribution >= 4 is 29.0 Å². The first-order chi connectivity index (χ1) is 13.4. The van der Waals surface area contributed by atoms with Crippen LogP contribution in [-0.2, 0) is 13.6 Å². The van der Waals surface area contributed by atoms with Crippen LogP contribution in [0.3, 0.4) is 0 Å². The number of nitro groups is 1. The first kappa shape index (κ1) is 19.0. The smallest absolute Gasteiger partial charge is 0.303 e. The third-order valence-corrected chi connectivity index (χ3v) is 4.22. The van der Waals surface area contributed by atoms with Gasteiger partial charge in [-0.3, -0.25) is 24.5 Å². The molecule has 0 fully saturated rings. The molecule has 0 aliphatic carbocycles. The van der Waals surface area contributed by atoms with E-state index < -0.39 is 16.2 Å². The van der Waals surface area contributed by atoms with Gasteiger partial charge in [0.25, 0.3) is 11.2 Å². The van der Waals surface area contributed by atoms with Crippen molar-refractivity contribution in [3.8, 4) is 0 Å². The molecule has 0 saturated carbocycles. The van der Waals surface area contributed by atoms with Crippen LogP contribution < -0.4 is 16.7 Å². The zero-order valence-electron chi connectivity index (χ0n) is 15.4. The first-order valence-electron chi connectivity index (χ1n) is 8.65. The third-order valence-electron chi connectivity index (χ3n) is 4.22. The molecule has 0 spiro atoms. The molecule has 2 heterocycles. The van der Waals surface area contributed by atoms with Crippen molar-refractivity contribution in [3.05, 3.63) is 60.8 Å².